The summed E-state index contributed by atoms with van der Waals surface area (Å²) in [5.41, 5.74) is 0. The molecule has 1 amide bonds. The van der Waals surface area contributed by atoms with Crippen LogP contribution in [-0.2, 0) is 4.74 Å². The van der Waals surface area contributed by atoms with Gasteiger partial charge < -0.3 is 15.2 Å². The number of carbonyl (C=O) groups excluding carboxylic acids is 1. The van der Waals surface area contributed by atoms with Gasteiger partial charge in [0.25, 0.3) is 0 Å². The molecule has 2 saturated heterocycles. The summed E-state index contributed by atoms with van der Waals surface area (Å²) in [5.74, 6) is 0. The van der Waals surface area contributed by atoms with Gasteiger partial charge in [0.05, 0.1) is 13.2 Å². The molecule has 2 N–H and O–H groups in total. The van der Waals surface area contributed by atoms with Crippen molar-refractivity contribution in [2.75, 3.05) is 26.2 Å². The van der Waals surface area contributed by atoms with E-state index in [4.69, 9.17) is 9.84 Å². The molecule has 0 aliphatic carbocycles. The van der Waals surface area contributed by atoms with Gasteiger partial charge in [0.15, 0.2) is 0 Å². The molecular weight excluding hydrogens is 184 g/mol. The van der Waals surface area contributed by atoms with Crippen LogP contribution in [0.25, 0.3) is 0 Å². The largest absolute Gasteiger partial charge is 0.443 e. The molecule has 2 aliphatic heterocycles. The molecule has 2 atom stereocenters. The molecule has 0 saturated carbocycles. The van der Waals surface area contributed by atoms with E-state index in [9.17, 15) is 4.79 Å². The standard InChI is InChI=1S/C9H16N2O3/c12-6-7-2-1-3-11(7)5-8-4-10-9(13)14-8/h7-8,12H,1-6H2,(H,10,13)/t7-,8?/m1/s1. The number of alkyl carbamates (subject to hydrolysis) is 1. The number of carbonyl (C=O) groups is 1. The van der Waals surface area contributed by atoms with Crippen molar-refractivity contribution in [2.24, 2.45) is 0 Å². The van der Waals surface area contributed by atoms with Crippen molar-refractivity contribution in [3.05, 3.63) is 0 Å². The molecule has 0 aromatic carbocycles. The lowest BCUT2D eigenvalue weighted by atomic mass is 10.2. The average Bonchev–Trinajstić information content (AvgIpc) is 2.76. The number of aliphatic hydroxyl groups excluding tert-OH is 1. The molecule has 0 radical (unpaired) electrons. The number of cyclic esters (lactones) is 1. The third-order valence-corrected chi connectivity index (χ3v) is 2.90. The summed E-state index contributed by atoms with van der Waals surface area (Å²) in [6, 6.07) is 0.259. The van der Waals surface area contributed by atoms with Crippen molar-refractivity contribution in [1.82, 2.24) is 10.2 Å². The third kappa shape index (κ3) is 1.99. The molecule has 0 aromatic rings. The summed E-state index contributed by atoms with van der Waals surface area (Å²) < 4.78 is 5.04. The number of amides is 1. The number of ether oxygens (including phenoxy) is 1. The van der Waals surface area contributed by atoms with Gasteiger partial charge >= 0.3 is 6.09 Å². The number of hydrogen-bond acceptors (Lipinski definition) is 4. The van der Waals surface area contributed by atoms with Crippen LogP contribution < -0.4 is 5.32 Å². The average molecular weight is 200 g/mol. The second kappa shape index (κ2) is 4.14. The topological polar surface area (TPSA) is 61.8 Å². The number of hydrogen-bond donors (Lipinski definition) is 2. The van der Waals surface area contributed by atoms with Crippen LogP contribution in [0.1, 0.15) is 12.8 Å². The zero-order chi connectivity index (χ0) is 9.97. The van der Waals surface area contributed by atoms with Gasteiger partial charge in [-0.25, -0.2) is 4.79 Å². The van der Waals surface area contributed by atoms with Gasteiger partial charge in [0.2, 0.25) is 0 Å². The molecule has 2 rings (SSSR count). The molecule has 14 heavy (non-hydrogen) atoms. The highest BCUT2D eigenvalue weighted by molar-refractivity contribution is 5.69. The summed E-state index contributed by atoms with van der Waals surface area (Å²) >= 11 is 0. The van der Waals surface area contributed by atoms with E-state index in [1.165, 1.54) is 0 Å². The van der Waals surface area contributed by atoms with Crippen LogP contribution in [0.15, 0.2) is 0 Å². The smallest absolute Gasteiger partial charge is 0.407 e. The fourth-order valence-electron chi connectivity index (χ4n) is 2.14. The first-order valence-electron chi connectivity index (χ1n) is 5.09. The maximum absolute atomic E-state index is 10.8. The number of aliphatic hydroxyl groups is 1. The van der Waals surface area contributed by atoms with Crippen molar-refractivity contribution >= 4 is 6.09 Å². The third-order valence-electron chi connectivity index (χ3n) is 2.90. The molecule has 5 heteroatoms. The lowest BCUT2D eigenvalue weighted by Gasteiger charge is -2.24. The maximum atomic E-state index is 10.8. The summed E-state index contributed by atoms with van der Waals surface area (Å²) in [4.78, 5) is 13.0. The van der Waals surface area contributed by atoms with Crippen LogP contribution in [0.5, 0.6) is 0 Å². The van der Waals surface area contributed by atoms with Gasteiger partial charge in [0.1, 0.15) is 6.10 Å². The number of nitrogens with zero attached hydrogens (tertiary/aromatic N) is 1. The van der Waals surface area contributed by atoms with Crippen molar-refractivity contribution < 1.29 is 14.6 Å². The van der Waals surface area contributed by atoms with Crippen LogP contribution in [0.3, 0.4) is 0 Å². The Balaban J connectivity index is 1.81. The van der Waals surface area contributed by atoms with E-state index >= 15 is 0 Å². The Hall–Kier alpha value is -0.810. The molecule has 0 bridgehead atoms. The van der Waals surface area contributed by atoms with Crippen molar-refractivity contribution in [1.29, 1.82) is 0 Å². The van der Waals surface area contributed by atoms with Gasteiger partial charge in [0, 0.05) is 12.6 Å². The summed E-state index contributed by atoms with van der Waals surface area (Å²) in [5, 5.41) is 11.7. The molecule has 2 heterocycles. The summed E-state index contributed by atoms with van der Waals surface area (Å²) in [6.07, 6.45) is 1.80. The zero-order valence-corrected chi connectivity index (χ0v) is 8.11. The predicted molar refractivity (Wildman–Crippen MR) is 50.0 cm³/mol. The molecule has 80 valence electrons. The fourth-order valence-corrected chi connectivity index (χ4v) is 2.14. The lowest BCUT2D eigenvalue weighted by Crippen LogP contribution is -2.39. The minimum Gasteiger partial charge on any atom is -0.443 e. The Labute approximate surface area is 83.0 Å². The molecular formula is C9H16N2O3. The first kappa shape index (κ1) is 9.73. The number of nitrogens with one attached hydrogen (secondary N) is 1. The van der Waals surface area contributed by atoms with E-state index in [1.807, 2.05) is 0 Å². The quantitative estimate of drug-likeness (QED) is 0.648. The second-order valence-corrected chi connectivity index (χ2v) is 3.88. The normalized spacial score (nSPS) is 33.1. The second-order valence-electron chi connectivity index (χ2n) is 3.88. The van der Waals surface area contributed by atoms with Gasteiger partial charge in [-0.3, -0.25) is 4.90 Å². The molecule has 1 unspecified atom stereocenters. The van der Waals surface area contributed by atoms with Crippen LogP contribution in [0, 0.1) is 0 Å². The monoisotopic (exact) mass is 200 g/mol. The lowest BCUT2D eigenvalue weighted by molar-refractivity contribution is 0.0879. The van der Waals surface area contributed by atoms with E-state index in [0.29, 0.717) is 6.54 Å². The van der Waals surface area contributed by atoms with Crippen molar-refractivity contribution in [2.45, 2.75) is 25.0 Å². The van der Waals surface area contributed by atoms with E-state index in [-0.39, 0.29) is 24.8 Å². The Bertz CT molecular complexity index is 222. The van der Waals surface area contributed by atoms with Gasteiger partial charge in [-0.2, -0.15) is 0 Å². The maximum Gasteiger partial charge on any atom is 0.407 e. The molecule has 2 aliphatic rings. The van der Waals surface area contributed by atoms with E-state index < -0.39 is 0 Å². The number of likely N-dealkylation sites (tertiary alicyclic amines) is 1. The van der Waals surface area contributed by atoms with E-state index in [0.717, 1.165) is 25.9 Å². The minimum atomic E-state index is -0.324. The number of rotatable bonds is 3. The molecule has 0 aromatic heterocycles. The zero-order valence-electron chi connectivity index (χ0n) is 8.11. The molecule has 0 spiro atoms. The van der Waals surface area contributed by atoms with Crippen LogP contribution in [0.2, 0.25) is 0 Å². The van der Waals surface area contributed by atoms with Crippen LogP contribution in [0.4, 0.5) is 4.79 Å². The predicted octanol–water partition coefficient (Wildman–Crippen LogP) is -0.449. The minimum absolute atomic E-state index is 0.0466. The van der Waals surface area contributed by atoms with Crippen LogP contribution in [-0.4, -0.2) is 54.5 Å². The first-order valence-corrected chi connectivity index (χ1v) is 5.09. The van der Waals surface area contributed by atoms with Crippen molar-refractivity contribution in [3.8, 4) is 0 Å². The SMILES string of the molecule is O=C1NCC(CN2CCC[C@@H]2CO)O1. The Morgan fingerprint density at radius 3 is 3.14 bits per heavy atom. The van der Waals surface area contributed by atoms with Gasteiger partial charge in [-0.1, -0.05) is 0 Å². The van der Waals surface area contributed by atoms with E-state index in [2.05, 4.69) is 10.2 Å². The Morgan fingerprint density at radius 2 is 2.50 bits per heavy atom. The highest BCUT2D eigenvalue weighted by Gasteiger charge is 2.30. The van der Waals surface area contributed by atoms with Crippen molar-refractivity contribution in [3.63, 3.8) is 0 Å². The van der Waals surface area contributed by atoms with E-state index in [1.54, 1.807) is 0 Å². The Morgan fingerprint density at radius 1 is 1.64 bits per heavy atom. The highest BCUT2D eigenvalue weighted by Crippen LogP contribution is 2.17. The van der Waals surface area contributed by atoms with Gasteiger partial charge in [-0.15, -0.1) is 0 Å². The summed E-state index contributed by atoms with van der Waals surface area (Å²) in [7, 11) is 0. The molecule has 5 nitrogen and oxygen atoms in total. The summed E-state index contributed by atoms with van der Waals surface area (Å²) in [6.45, 7) is 2.53. The first-order chi connectivity index (χ1) is 6.79. The molecule has 2 fully saturated rings. The Kier molecular flexibility index (Phi) is 2.88. The highest BCUT2D eigenvalue weighted by atomic mass is 16.6. The van der Waals surface area contributed by atoms with Gasteiger partial charge in [-0.05, 0) is 19.4 Å². The fraction of sp³-hybridized carbons (Fsp3) is 0.889. The van der Waals surface area contributed by atoms with Crippen LogP contribution >= 0.6 is 0 Å².